The number of carbonyl (C=O) groups excluding carboxylic acids is 1. The van der Waals surface area contributed by atoms with Gasteiger partial charge in [-0.1, -0.05) is 22.0 Å². The van der Waals surface area contributed by atoms with Crippen LogP contribution in [0.1, 0.15) is 11.1 Å². The van der Waals surface area contributed by atoms with Crippen molar-refractivity contribution in [3.05, 3.63) is 27.7 Å². The molecule has 0 aliphatic carbocycles. The number of primary amides is 1. The van der Waals surface area contributed by atoms with Gasteiger partial charge < -0.3 is 11.1 Å². The van der Waals surface area contributed by atoms with Gasteiger partial charge in [0.05, 0.1) is 0 Å². The summed E-state index contributed by atoms with van der Waals surface area (Å²) in [4.78, 5) is 10.6. The van der Waals surface area contributed by atoms with Gasteiger partial charge in [0, 0.05) is 10.2 Å². The predicted octanol–water partition coefficient (Wildman–Crippen LogP) is 2.56. The Bertz CT molecular complexity index is 350. The molecule has 0 bridgehead atoms. The minimum absolute atomic E-state index is 0.543. The van der Waals surface area contributed by atoms with E-state index in [0.717, 1.165) is 21.3 Å². The number of amides is 2. The summed E-state index contributed by atoms with van der Waals surface area (Å²) >= 11 is 3.38. The summed E-state index contributed by atoms with van der Waals surface area (Å²) in [6.07, 6.45) is 0. The second-order valence-corrected chi connectivity index (χ2v) is 3.76. The molecule has 0 heterocycles. The zero-order valence-corrected chi connectivity index (χ0v) is 9.10. The molecule has 0 radical (unpaired) electrons. The van der Waals surface area contributed by atoms with E-state index in [0.29, 0.717) is 0 Å². The van der Waals surface area contributed by atoms with Crippen LogP contribution in [0.25, 0.3) is 0 Å². The average molecular weight is 243 g/mol. The van der Waals surface area contributed by atoms with Crippen LogP contribution in [0.4, 0.5) is 10.5 Å². The van der Waals surface area contributed by atoms with E-state index in [9.17, 15) is 4.79 Å². The van der Waals surface area contributed by atoms with Crippen molar-refractivity contribution in [1.82, 2.24) is 0 Å². The fourth-order valence-corrected chi connectivity index (χ4v) is 1.44. The zero-order chi connectivity index (χ0) is 10.0. The van der Waals surface area contributed by atoms with E-state index < -0.39 is 6.03 Å². The van der Waals surface area contributed by atoms with E-state index in [1.54, 1.807) is 0 Å². The fourth-order valence-electron chi connectivity index (χ4n) is 1.09. The van der Waals surface area contributed by atoms with Crippen LogP contribution in [0.15, 0.2) is 16.6 Å². The number of hydrogen-bond acceptors (Lipinski definition) is 1. The van der Waals surface area contributed by atoms with Crippen molar-refractivity contribution in [1.29, 1.82) is 0 Å². The van der Waals surface area contributed by atoms with Crippen LogP contribution in [0.3, 0.4) is 0 Å². The molecular formula is C9H11BrN2O. The topological polar surface area (TPSA) is 55.1 Å². The van der Waals surface area contributed by atoms with Crippen LogP contribution in [-0.4, -0.2) is 6.03 Å². The van der Waals surface area contributed by atoms with Crippen molar-refractivity contribution < 1.29 is 4.79 Å². The number of halogens is 1. The molecule has 3 nitrogen and oxygen atoms in total. The van der Waals surface area contributed by atoms with E-state index in [1.165, 1.54) is 0 Å². The molecule has 1 rings (SSSR count). The first-order valence-corrected chi connectivity index (χ1v) is 4.63. The van der Waals surface area contributed by atoms with Gasteiger partial charge in [0.25, 0.3) is 0 Å². The highest BCUT2D eigenvalue weighted by Crippen LogP contribution is 2.24. The summed E-state index contributed by atoms with van der Waals surface area (Å²) in [7, 11) is 0. The van der Waals surface area contributed by atoms with Gasteiger partial charge in [-0.25, -0.2) is 4.79 Å². The Hall–Kier alpha value is -1.03. The Morgan fingerprint density at radius 2 is 2.00 bits per heavy atom. The molecule has 0 saturated carbocycles. The van der Waals surface area contributed by atoms with Crippen molar-refractivity contribution in [2.24, 2.45) is 5.73 Å². The number of nitrogens with two attached hydrogens (primary N) is 1. The maximum atomic E-state index is 10.6. The summed E-state index contributed by atoms with van der Waals surface area (Å²) in [5.74, 6) is 0. The molecule has 0 saturated heterocycles. The Morgan fingerprint density at radius 1 is 1.38 bits per heavy atom. The van der Waals surface area contributed by atoms with E-state index in [1.807, 2.05) is 26.0 Å². The summed E-state index contributed by atoms with van der Waals surface area (Å²) in [5.41, 5.74) is 7.89. The van der Waals surface area contributed by atoms with Gasteiger partial charge in [-0.05, 0) is 31.0 Å². The number of benzene rings is 1. The molecular weight excluding hydrogens is 232 g/mol. The second kappa shape index (κ2) is 3.79. The van der Waals surface area contributed by atoms with Crippen molar-refractivity contribution in [3.63, 3.8) is 0 Å². The van der Waals surface area contributed by atoms with Gasteiger partial charge in [0.2, 0.25) is 0 Å². The molecule has 0 atom stereocenters. The number of hydrogen-bond donors (Lipinski definition) is 2. The smallest absolute Gasteiger partial charge is 0.316 e. The number of aryl methyl sites for hydroxylation is 2. The molecule has 0 fully saturated rings. The molecule has 0 aromatic heterocycles. The second-order valence-electron chi connectivity index (χ2n) is 2.91. The third kappa shape index (κ3) is 2.45. The number of rotatable bonds is 1. The van der Waals surface area contributed by atoms with Gasteiger partial charge in [-0.3, -0.25) is 0 Å². The van der Waals surface area contributed by atoms with Crippen molar-refractivity contribution in [3.8, 4) is 0 Å². The van der Waals surface area contributed by atoms with Crippen LogP contribution in [-0.2, 0) is 0 Å². The van der Waals surface area contributed by atoms with Crippen LogP contribution >= 0.6 is 15.9 Å². The summed E-state index contributed by atoms with van der Waals surface area (Å²) in [6.45, 7) is 3.91. The van der Waals surface area contributed by atoms with Crippen LogP contribution in [0.2, 0.25) is 0 Å². The number of nitrogens with one attached hydrogen (secondary N) is 1. The minimum Gasteiger partial charge on any atom is -0.351 e. The maximum Gasteiger partial charge on any atom is 0.316 e. The van der Waals surface area contributed by atoms with E-state index in [-0.39, 0.29) is 0 Å². The first kappa shape index (κ1) is 10.1. The SMILES string of the molecule is Cc1cc(C)c(NC(N)=O)cc1Br. The fraction of sp³-hybridized carbons (Fsp3) is 0.222. The minimum atomic E-state index is -0.543. The van der Waals surface area contributed by atoms with Gasteiger partial charge in [-0.15, -0.1) is 0 Å². The number of urea groups is 1. The molecule has 4 heteroatoms. The van der Waals surface area contributed by atoms with Crippen molar-refractivity contribution in [2.75, 3.05) is 5.32 Å². The zero-order valence-electron chi connectivity index (χ0n) is 7.52. The molecule has 0 aliphatic heterocycles. The molecule has 0 unspecified atom stereocenters. The average Bonchev–Trinajstić information content (AvgIpc) is 1.99. The van der Waals surface area contributed by atoms with Gasteiger partial charge in [0.15, 0.2) is 0 Å². The molecule has 3 N–H and O–H groups in total. The summed E-state index contributed by atoms with van der Waals surface area (Å²) in [6, 6.07) is 3.28. The lowest BCUT2D eigenvalue weighted by Gasteiger charge is -2.08. The van der Waals surface area contributed by atoms with Crippen LogP contribution < -0.4 is 11.1 Å². The molecule has 70 valence electrons. The molecule has 0 spiro atoms. The Labute approximate surface area is 85.4 Å². The normalized spacial score (nSPS) is 9.77. The molecule has 1 aromatic carbocycles. The Balaban J connectivity index is 3.08. The Morgan fingerprint density at radius 3 is 2.54 bits per heavy atom. The predicted molar refractivity (Wildman–Crippen MR) is 56.8 cm³/mol. The standard InChI is InChI=1S/C9H11BrN2O/c1-5-3-6(2)8(4-7(5)10)12-9(11)13/h3-4H,1-2H3,(H3,11,12,13). The lowest BCUT2D eigenvalue weighted by Crippen LogP contribution is -2.19. The highest BCUT2D eigenvalue weighted by atomic mass is 79.9. The third-order valence-electron chi connectivity index (χ3n) is 1.76. The molecule has 0 aliphatic rings. The highest BCUT2D eigenvalue weighted by molar-refractivity contribution is 9.10. The summed E-state index contributed by atoms with van der Waals surface area (Å²) in [5, 5.41) is 2.55. The molecule has 13 heavy (non-hydrogen) atoms. The largest absolute Gasteiger partial charge is 0.351 e. The lowest BCUT2D eigenvalue weighted by molar-refractivity contribution is 0.259. The lowest BCUT2D eigenvalue weighted by atomic mass is 10.1. The highest BCUT2D eigenvalue weighted by Gasteiger charge is 2.03. The van der Waals surface area contributed by atoms with Crippen LogP contribution in [0, 0.1) is 13.8 Å². The van der Waals surface area contributed by atoms with E-state index in [4.69, 9.17) is 5.73 Å². The van der Waals surface area contributed by atoms with Crippen molar-refractivity contribution in [2.45, 2.75) is 13.8 Å². The maximum absolute atomic E-state index is 10.6. The monoisotopic (exact) mass is 242 g/mol. The molecule has 1 aromatic rings. The Kier molecular flexibility index (Phi) is 2.93. The first-order valence-electron chi connectivity index (χ1n) is 3.84. The van der Waals surface area contributed by atoms with Gasteiger partial charge >= 0.3 is 6.03 Å². The van der Waals surface area contributed by atoms with Gasteiger partial charge in [0.1, 0.15) is 0 Å². The first-order chi connectivity index (χ1) is 6.00. The third-order valence-corrected chi connectivity index (χ3v) is 2.62. The van der Waals surface area contributed by atoms with Gasteiger partial charge in [-0.2, -0.15) is 0 Å². The summed E-state index contributed by atoms with van der Waals surface area (Å²) < 4.78 is 0.960. The quantitative estimate of drug-likeness (QED) is 0.782. The van der Waals surface area contributed by atoms with Crippen LogP contribution in [0.5, 0.6) is 0 Å². The molecule has 2 amide bonds. The number of carbonyl (C=O) groups is 1. The van der Waals surface area contributed by atoms with Crippen molar-refractivity contribution >= 4 is 27.6 Å². The van der Waals surface area contributed by atoms with E-state index >= 15 is 0 Å². The van der Waals surface area contributed by atoms with E-state index in [2.05, 4.69) is 21.2 Å². The number of anilines is 1.